The largest absolute Gasteiger partial charge is 0.372 e. The lowest BCUT2D eigenvalue weighted by Gasteiger charge is -2.21. The van der Waals surface area contributed by atoms with Crippen LogP contribution in [0.15, 0.2) is 23.9 Å². The molecule has 3 rings (SSSR count). The Kier molecular flexibility index (Phi) is 2.53. The number of allylic oxidation sites excluding steroid dienone is 1. The molecule has 1 atom stereocenters. The average molecular weight is 204 g/mol. The van der Waals surface area contributed by atoms with Crippen LogP contribution < -0.4 is 0 Å². The highest BCUT2D eigenvalue weighted by Crippen LogP contribution is 2.24. The Balaban J connectivity index is 1.66. The van der Waals surface area contributed by atoms with E-state index < -0.39 is 0 Å². The molecule has 3 aliphatic rings. The van der Waals surface area contributed by atoms with E-state index in [0.717, 1.165) is 0 Å². The van der Waals surface area contributed by atoms with E-state index in [-0.39, 0.29) is 0 Å². The molecule has 0 N–H and O–H groups in total. The van der Waals surface area contributed by atoms with Gasteiger partial charge in [0.2, 0.25) is 0 Å². The fraction of sp³-hybridized carbons (Fsp3) is 0.692. The maximum Gasteiger partial charge on any atom is 0.0488 e. The van der Waals surface area contributed by atoms with Crippen LogP contribution in [0.2, 0.25) is 0 Å². The standard InChI is InChI=1S/C13H20N2/c1-2-8-14(7-1)12-5-6-13(11-12)15-9-3-4-10-15/h5-6,11-12H,1-4,7-10H2. The van der Waals surface area contributed by atoms with Crippen LogP contribution in [-0.4, -0.2) is 42.0 Å². The molecular weight excluding hydrogens is 184 g/mol. The van der Waals surface area contributed by atoms with Crippen molar-refractivity contribution in [3.8, 4) is 0 Å². The van der Waals surface area contributed by atoms with Gasteiger partial charge in [-0.25, -0.2) is 0 Å². The highest BCUT2D eigenvalue weighted by molar-refractivity contribution is 5.31. The van der Waals surface area contributed by atoms with E-state index in [0.29, 0.717) is 6.04 Å². The molecule has 0 aromatic carbocycles. The van der Waals surface area contributed by atoms with Crippen molar-refractivity contribution in [2.45, 2.75) is 31.7 Å². The number of hydrogen-bond acceptors (Lipinski definition) is 2. The Labute approximate surface area is 92.2 Å². The maximum atomic E-state index is 2.60. The predicted molar refractivity (Wildman–Crippen MR) is 62.6 cm³/mol. The zero-order valence-corrected chi connectivity index (χ0v) is 9.36. The van der Waals surface area contributed by atoms with Crippen LogP contribution in [0.4, 0.5) is 0 Å². The molecule has 0 aromatic heterocycles. The van der Waals surface area contributed by atoms with Gasteiger partial charge in [-0.05, 0) is 50.9 Å². The molecule has 0 radical (unpaired) electrons. The molecular formula is C13H20N2. The SMILES string of the molecule is C1=CC(N2CCCC2)C=C1N1CCCC1. The van der Waals surface area contributed by atoms with Gasteiger partial charge in [-0.3, -0.25) is 4.90 Å². The van der Waals surface area contributed by atoms with E-state index in [1.165, 1.54) is 57.6 Å². The first-order valence-corrected chi connectivity index (χ1v) is 6.32. The lowest BCUT2D eigenvalue weighted by atomic mass is 10.3. The highest BCUT2D eigenvalue weighted by Gasteiger charge is 2.23. The van der Waals surface area contributed by atoms with E-state index >= 15 is 0 Å². The van der Waals surface area contributed by atoms with E-state index in [1.54, 1.807) is 0 Å². The summed E-state index contributed by atoms with van der Waals surface area (Å²) in [7, 11) is 0. The summed E-state index contributed by atoms with van der Waals surface area (Å²) in [6.07, 6.45) is 12.7. The second-order valence-electron chi connectivity index (χ2n) is 4.88. The molecule has 2 aliphatic heterocycles. The molecule has 2 nitrogen and oxygen atoms in total. The van der Waals surface area contributed by atoms with Gasteiger partial charge in [0.1, 0.15) is 0 Å². The van der Waals surface area contributed by atoms with Gasteiger partial charge in [0.25, 0.3) is 0 Å². The summed E-state index contributed by atoms with van der Waals surface area (Å²) in [6.45, 7) is 5.11. The van der Waals surface area contributed by atoms with Crippen molar-refractivity contribution < 1.29 is 0 Å². The minimum atomic E-state index is 0.600. The Bertz CT molecular complexity index is 281. The van der Waals surface area contributed by atoms with Gasteiger partial charge in [0, 0.05) is 24.8 Å². The van der Waals surface area contributed by atoms with Crippen LogP contribution in [0.25, 0.3) is 0 Å². The molecule has 1 unspecified atom stereocenters. The molecule has 1 aliphatic carbocycles. The number of likely N-dealkylation sites (tertiary alicyclic amines) is 2. The summed E-state index contributed by atoms with van der Waals surface area (Å²) in [6, 6.07) is 0.600. The molecule has 0 amide bonds. The molecule has 2 saturated heterocycles. The third-order valence-corrected chi connectivity index (χ3v) is 3.84. The van der Waals surface area contributed by atoms with Gasteiger partial charge >= 0.3 is 0 Å². The van der Waals surface area contributed by atoms with Gasteiger partial charge in [-0.1, -0.05) is 6.08 Å². The van der Waals surface area contributed by atoms with E-state index in [9.17, 15) is 0 Å². The fourth-order valence-corrected chi connectivity index (χ4v) is 2.94. The Morgan fingerprint density at radius 1 is 0.933 bits per heavy atom. The summed E-state index contributed by atoms with van der Waals surface area (Å²) in [5.74, 6) is 0. The number of hydrogen-bond donors (Lipinski definition) is 0. The monoisotopic (exact) mass is 204 g/mol. The maximum absolute atomic E-state index is 2.60. The first-order chi connectivity index (χ1) is 7.43. The van der Waals surface area contributed by atoms with Crippen LogP contribution in [0.5, 0.6) is 0 Å². The zero-order valence-electron chi connectivity index (χ0n) is 9.36. The van der Waals surface area contributed by atoms with Gasteiger partial charge in [0.15, 0.2) is 0 Å². The lowest BCUT2D eigenvalue weighted by molar-refractivity contribution is 0.322. The summed E-state index contributed by atoms with van der Waals surface area (Å²) in [5, 5.41) is 0. The summed E-state index contributed by atoms with van der Waals surface area (Å²) in [5.41, 5.74) is 1.48. The van der Waals surface area contributed by atoms with Crippen molar-refractivity contribution in [1.29, 1.82) is 0 Å². The second-order valence-corrected chi connectivity index (χ2v) is 4.88. The highest BCUT2D eigenvalue weighted by atomic mass is 15.2. The molecule has 0 saturated carbocycles. The van der Waals surface area contributed by atoms with Gasteiger partial charge in [-0.15, -0.1) is 0 Å². The van der Waals surface area contributed by atoms with Crippen LogP contribution in [0.3, 0.4) is 0 Å². The Hall–Kier alpha value is -0.760. The first-order valence-electron chi connectivity index (χ1n) is 6.32. The number of nitrogens with zero attached hydrogens (tertiary/aromatic N) is 2. The molecule has 0 aromatic rings. The smallest absolute Gasteiger partial charge is 0.0488 e. The Morgan fingerprint density at radius 2 is 1.60 bits per heavy atom. The van der Waals surface area contributed by atoms with Crippen molar-refractivity contribution in [3.05, 3.63) is 23.9 Å². The zero-order chi connectivity index (χ0) is 10.1. The van der Waals surface area contributed by atoms with Crippen LogP contribution in [0.1, 0.15) is 25.7 Å². The molecule has 15 heavy (non-hydrogen) atoms. The van der Waals surface area contributed by atoms with Crippen molar-refractivity contribution in [3.63, 3.8) is 0 Å². The molecule has 82 valence electrons. The minimum absolute atomic E-state index is 0.600. The minimum Gasteiger partial charge on any atom is -0.372 e. The van der Waals surface area contributed by atoms with Crippen molar-refractivity contribution in [2.24, 2.45) is 0 Å². The van der Waals surface area contributed by atoms with Crippen molar-refractivity contribution in [1.82, 2.24) is 9.80 Å². The topological polar surface area (TPSA) is 6.48 Å². The van der Waals surface area contributed by atoms with Crippen LogP contribution >= 0.6 is 0 Å². The van der Waals surface area contributed by atoms with Crippen LogP contribution in [-0.2, 0) is 0 Å². The van der Waals surface area contributed by atoms with Gasteiger partial charge in [0.05, 0.1) is 0 Å². The number of rotatable bonds is 2. The first kappa shape index (κ1) is 9.46. The fourth-order valence-electron chi connectivity index (χ4n) is 2.94. The van der Waals surface area contributed by atoms with Gasteiger partial charge < -0.3 is 4.90 Å². The third-order valence-electron chi connectivity index (χ3n) is 3.84. The normalized spacial score (nSPS) is 31.6. The molecule has 0 bridgehead atoms. The lowest BCUT2D eigenvalue weighted by Crippen LogP contribution is -2.28. The average Bonchev–Trinajstić information content (AvgIpc) is 3.02. The quantitative estimate of drug-likeness (QED) is 0.679. The van der Waals surface area contributed by atoms with Crippen LogP contribution in [0, 0.1) is 0 Å². The molecule has 2 heterocycles. The predicted octanol–water partition coefficient (Wildman–Crippen LogP) is 2.00. The van der Waals surface area contributed by atoms with Gasteiger partial charge in [-0.2, -0.15) is 0 Å². The van der Waals surface area contributed by atoms with E-state index in [4.69, 9.17) is 0 Å². The van der Waals surface area contributed by atoms with Crippen molar-refractivity contribution in [2.75, 3.05) is 26.2 Å². The summed E-state index contributed by atoms with van der Waals surface area (Å²) >= 11 is 0. The van der Waals surface area contributed by atoms with E-state index in [1.807, 2.05) is 0 Å². The summed E-state index contributed by atoms with van der Waals surface area (Å²) in [4.78, 5) is 5.13. The van der Waals surface area contributed by atoms with E-state index in [2.05, 4.69) is 28.0 Å². The molecule has 2 fully saturated rings. The second kappa shape index (κ2) is 4.01. The van der Waals surface area contributed by atoms with Crippen molar-refractivity contribution >= 4 is 0 Å². The Morgan fingerprint density at radius 3 is 2.33 bits per heavy atom. The molecule has 0 spiro atoms. The third kappa shape index (κ3) is 1.83. The summed E-state index contributed by atoms with van der Waals surface area (Å²) < 4.78 is 0. The molecule has 2 heteroatoms.